The van der Waals surface area contributed by atoms with Crippen molar-refractivity contribution in [1.82, 2.24) is 4.90 Å². The van der Waals surface area contributed by atoms with Gasteiger partial charge in [0.2, 0.25) is 0 Å². The second-order valence-corrected chi connectivity index (χ2v) is 5.13. The molecule has 7 heteroatoms. The van der Waals surface area contributed by atoms with Gasteiger partial charge >= 0.3 is 0 Å². The average molecular weight is 325 g/mol. The molecule has 1 aliphatic rings. The molecule has 124 valence electrons. The van der Waals surface area contributed by atoms with Crippen LogP contribution in [0, 0.1) is 11.3 Å². The normalized spacial score (nSPS) is 16.4. The van der Waals surface area contributed by atoms with Crippen molar-refractivity contribution < 1.29 is 9.53 Å². The maximum atomic E-state index is 12.5. The molecule has 24 heavy (non-hydrogen) atoms. The van der Waals surface area contributed by atoms with E-state index in [-0.39, 0.29) is 11.6 Å². The molecule has 0 saturated carbocycles. The van der Waals surface area contributed by atoms with Crippen LogP contribution in [0.5, 0.6) is 5.75 Å². The molecular formula is C17H19N5O2. The van der Waals surface area contributed by atoms with Gasteiger partial charge in [-0.1, -0.05) is 6.58 Å². The van der Waals surface area contributed by atoms with Crippen LogP contribution in [0.15, 0.2) is 46.7 Å². The third-order valence-electron chi connectivity index (χ3n) is 3.77. The summed E-state index contributed by atoms with van der Waals surface area (Å²) in [5.41, 5.74) is 11.1. The fourth-order valence-corrected chi connectivity index (χ4v) is 2.38. The molecule has 0 radical (unpaired) electrons. The Labute approximate surface area is 140 Å². The summed E-state index contributed by atoms with van der Waals surface area (Å²) in [6.45, 7) is 7.71. The molecule has 0 bridgehead atoms. The van der Waals surface area contributed by atoms with Crippen LogP contribution in [0.2, 0.25) is 0 Å². The average Bonchev–Trinajstić information content (AvgIpc) is 2.56. The van der Waals surface area contributed by atoms with Crippen molar-refractivity contribution in [3.63, 3.8) is 0 Å². The summed E-state index contributed by atoms with van der Waals surface area (Å²) in [6.07, 6.45) is 0. The highest BCUT2D eigenvalue weighted by atomic mass is 16.5. The molecule has 0 spiro atoms. The number of anilines is 2. The smallest absolute Gasteiger partial charge is 0.279 e. The van der Waals surface area contributed by atoms with Gasteiger partial charge in [-0.2, -0.15) is 10.4 Å². The molecule has 1 aromatic carbocycles. The topological polar surface area (TPSA) is 104 Å². The van der Waals surface area contributed by atoms with Gasteiger partial charge in [0.1, 0.15) is 11.8 Å². The number of allylic oxidation sites excluding steroid dienone is 1. The monoisotopic (exact) mass is 325 g/mol. The Kier molecular flexibility index (Phi) is 4.90. The first-order valence-electron chi connectivity index (χ1n) is 7.34. The predicted octanol–water partition coefficient (Wildman–Crippen LogP) is 2.26. The number of hydrazone groups is 1. The van der Waals surface area contributed by atoms with Crippen LogP contribution in [-0.4, -0.2) is 30.2 Å². The first-order chi connectivity index (χ1) is 11.4. The zero-order valence-electron chi connectivity index (χ0n) is 13.9. The van der Waals surface area contributed by atoms with Crippen LogP contribution in [0.4, 0.5) is 11.4 Å². The molecule has 2 rings (SSSR count). The van der Waals surface area contributed by atoms with Gasteiger partial charge in [-0.15, -0.1) is 0 Å². The molecule has 7 nitrogen and oxygen atoms in total. The van der Waals surface area contributed by atoms with E-state index < -0.39 is 0 Å². The number of ether oxygens (including phenoxy) is 1. The van der Waals surface area contributed by atoms with E-state index >= 15 is 0 Å². The van der Waals surface area contributed by atoms with Gasteiger partial charge in [0, 0.05) is 18.2 Å². The fourth-order valence-electron chi connectivity index (χ4n) is 2.38. The van der Waals surface area contributed by atoms with E-state index in [1.807, 2.05) is 6.92 Å². The third-order valence-corrected chi connectivity index (χ3v) is 3.77. The van der Waals surface area contributed by atoms with E-state index in [2.05, 4.69) is 23.2 Å². The van der Waals surface area contributed by atoms with E-state index in [1.54, 1.807) is 32.2 Å². The van der Waals surface area contributed by atoms with E-state index in [4.69, 9.17) is 10.5 Å². The lowest BCUT2D eigenvalue weighted by molar-refractivity contribution is -0.122. The molecular weight excluding hydrogens is 306 g/mol. The summed E-state index contributed by atoms with van der Waals surface area (Å²) in [4.78, 5) is 14.0. The molecule has 0 aliphatic carbocycles. The first kappa shape index (κ1) is 17.1. The minimum absolute atomic E-state index is 0.163. The van der Waals surface area contributed by atoms with Gasteiger partial charge in [0.15, 0.2) is 5.71 Å². The number of amides is 1. The zero-order valence-corrected chi connectivity index (χ0v) is 13.9. The van der Waals surface area contributed by atoms with Gasteiger partial charge in [0.05, 0.1) is 29.8 Å². The predicted molar refractivity (Wildman–Crippen MR) is 93.3 cm³/mol. The van der Waals surface area contributed by atoms with Crippen LogP contribution in [0.3, 0.4) is 0 Å². The number of likely N-dealkylation sites (N-methyl/N-ethyl adjacent to an activating group) is 1. The minimum Gasteiger partial charge on any atom is -0.497 e. The fraction of sp³-hybridized carbons (Fsp3) is 0.235. The number of carbonyl (C=O) groups is 1. The maximum Gasteiger partial charge on any atom is 0.279 e. The number of carbonyl (C=O) groups excluding carboxylic acids is 1. The van der Waals surface area contributed by atoms with Gasteiger partial charge in [-0.05, 0) is 26.0 Å². The maximum absolute atomic E-state index is 12.5. The minimum atomic E-state index is -0.307. The molecule has 0 aromatic heterocycles. The molecule has 0 atom stereocenters. The van der Waals surface area contributed by atoms with Gasteiger partial charge in [-0.25, -0.2) is 0 Å². The Morgan fingerprint density at radius 1 is 1.50 bits per heavy atom. The standard InChI is InChI=1S/C17H19N5O2/c1-5-22-11(3)13(9-18)10(2)16(17(22)23)21-20-15-7-6-12(24-4)8-14(15)19/h6-8,20H,3,5,19H2,1-2,4H3/b21-16-. The molecule has 3 N–H and O–H groups in total. The van der Waals surface area contributed by atoms with Crippen molar-refractivity contribution in [1.29, 1.82) is 5.26 Å². The number of hydrogen-bond donors (Lipinski definition) is 2. The first-order valence-corrected chi connectivity index (χ1v) is 7.34. The van der Waals surface area contributed by atoms with E-state index in [0.29, 0.717) is 40.5 Å². The number of nitrogen functional groups attached to an aromatic ring is 1. The Bertz CT molecular complexity index is 802. The summed E-state index contributed by atoms with van der Waals surface area (Å²) >= 11 is 0. The van der Waals surface area contributed by atoms with Crippen molar-refractivity contribution in [2.45, 2.75) is 13.8 Å². The number of nitrogens with one attached hydrogen (secondary N) is 1. The Balaban J connectivity index is 2.41. The summed E-state index contributed by atoms with van der Waals surface area (Å²) in [5.74, 6) is 0.314. The summed E-state index contributed by atoms with van der Waals surface area (Å²) in [6, 6.07) is 7.15. The van der Waals surface area contributed by atoms with Crippen molar-refractivity contribution in [3.05, 3.63) is 41.6 Å². The number of hydrogen-bond acceptors (Lipinski definition) is 6. The number of benzene rings is 1. The SMILES string of the molecule is C=C1C(C#N)=C(C)/C(=N/Nc2ccc(OC)cc2N)C(=O)N1CC. The highest BCUT2D eigenvalue weighted by molar-refractivity contribution is 6.46. The lowest BCUT2D eigenvalue weighted by Crippen LogP contribution is -2.41. The summed E-state index contributed by atoms with van der Waals surface area (Å²) in [7, 11) is 1.55. The van der Waals surface area contributed by atoms with E-state index in [1.165, 1.54) is 4.90 Å². The highest BCUT2D eigenvalue weighted by Crippen LogP contribution is 2.27. The van der Waals surface area contributed by atoms with Gasteiger partial charge in [0.25, 0.3) is 5.91 Å². The van der Waals surface area contributed by atoms with Gasteiger partial charge in [-0.3, -0.25) is 10.2 Å². The summed E-state index contributed by atoms with van der Waals surface area (Å²) < 4.78 is 5.09. The molecule has 1 aromatic rings. The van der Waals surface area contributed by atoms with Crippen LogP contribution >= 0.6 is 0 Å². The Morgan fingerprint density at radius 3 is 2.75 bits per heavy atom. The molecule has 0 fully saturated rings. The van der Waals surface area contributed by atoms with Crippen molar-refractivity contribution in [2.75, 3.05) is 24.8 Å². The number of methoxy groups -OCH3 is 1. The lowest BCUT2D eigenvalue weighted by Gasteiger charge is -2.29. The van der Waals surface area contributed by atoms with Crippen LogP contribution in [0.1, 0.15) is 13.8 Å². The number of nitriles is 1. The third kappa shape index (κ3) is 2.94. The number of rotatable bonds is 4. The second kappa shape index (κ2) is 6.87. The number of nitrogens with two attached hydrogens (primary N) is 1. The van der Waals surface area contributed by atoms with Crippen LogP contribution < -0.4 is 15.9 Å². The molecule has 0 unspecified atom stereocenters. The van der Waals surface area contributed by atoms with Crippen molar-refractivity contribution >= 4 is 23.0 Å². The Morgan fingerprint density at radius 2 is 2.21 bits per heavy atom. The van der Waals surface area contributed by atoms with Crippen molar-refractivity contribution in [2.24, 2.45) is 5.10 Å². The van der Waals surface area contributed by atoms with Crippen LogP contribution in [0.25, 0.3) is 0 Å². The number of nitrogens with zero attached hydrogens (tertiary/aromatic N) is 3. The van der Waals surface area contributed by atoms with E-state index in [0.717, 1.165) is 0 Å². The van der Waals surface area contributed by atoms with Crippen LogP contribution in [-0.2, 0) is 4.79 Å². The highest BCUT2D eigenvalue weighted by Gasteiger charge is 2.32. The zero-order chi connectivity index (χ0) is 17.9. The largest absolute Gasteiger partial charge is 0.497 e. The summed E-state index contributed by atoms with van der Waals surface area (Å²) in [5, 5.41) is 13.5. The van der Waals surface area contributed by atoms with Gasteiger partial charge < -0.3 is 15.4 Å². The van der Waals surface area contributed by atoms with E-state index in [9.17, 15) is 10.1 Å². The molecule has 1 aliphatic heterocycles. The Hall–Kier alpha value is -3.27. The second-order valence-electron chi connectivity index (χ2n) is 5.13. The quantitative estimate of drug-likeness (QED) is 0.653. The van der Waals surface area contributed by atoms with Crippen molar-refractivity contribution in [3.8, 4) is 11.8 Å². The lowest BCUT2D eigenvalue weighted by atomic mass is 9.97. The molecule has 1 amide bonds. The molecule has 0 saturated heterocycles. The molecule has 1 heterocycles.